The van der Waals surface area contributed by atoms with E-state index in [0.717, 1.165) is 5.56 Å². The maximum atomic E-state index is 12.4. The summed E-state index contributed by atoms with van der Waals surface area (Å²) in [7, 11) is 0. The van der Waals surface area contributed by atoms with Crippen molar-refractivity contribution in [1.82, 2.24) is 10.2 Å². The Bertz CT molecular complexity index is 861. The Labute approximate surface area is 154 Å². The van der Waals surface area contributed by atoms with E-state index < -0.39 is 36.5 Å². The molecule has 3 amide bonds. The molecule has 8 heteroatoms. The topological polar surface area (TPSA) is 113 Å². The first kappa shape index (κ1) is 18.1. The molecule has 2 N–H and O–H groups in total. The number of alkyl carbamates (subject to hydrolysis) is 1. The number of imide groups is 1. The molecule has 0 saturated heterocycles. The fraction of sp³-hybridized carbons (Fsp3) is 0.158. The van der Waals surface area contributed by atoms with Crippen LogP contribution in [0.2, 0.25) is 0 Å². The van der Waals surface area contributed by atoms with Crippen molar-refractivity contribution in [1.29, 1.82) is 0 Å². The minimum absolute atomic E-state index is 0.0113. The molecule has 0 spiro atoms. The molecule has 3 rings (SSSR count). The Morgan fingerprint density at radius 2 is 1.52 bits per heavy atom. The fourth-order valence-corrected chi connectivity index (χ4v) is 2.73. The molecule has 1 aliphatic rings. The van der Waals surface area contributed by atoms with E-state index in [1.54, 1.807) is 36.4 Å². The third-order valence-corrected chi connectivity index (χ3v) is 4.07. The predicted molar refractivity (Wildman–Crippen MR) is 93.0 cm³/mol. The summed E-state index contributed by atoms with van der Waals surface area (Å²) in [5.74, 6) is -2.82. The minimum atomic E-state index is -1.54. The zero-order valence-electron chi connectivity index (χ0n) is 14.1. The second-order valence-corrected chi connectivity index (χ2v) is 5.82. The molecule has 1 heterocycles. The third kappa shape index (κ3) is 3.79. The van der Waals surface area contributed by atoms with Crippen LogP contribution in [0, 0.1) is 0 Å². The molecule has 2 aromatic rings. The van der Waals surface area contributed by atoms with Crippen molar-refractivity contribution in [2.24, 2.45) is 0 Å². The van der Waals surface area contributed by atoms with Gasteiger partial charge in [0, 0.05) is 0 Å². The second kappa shape index (κ2) is 7.69. The molecular formula is C19H16N2O6. The summed E-state index contributed by atoms with van der Waals surface area (Å²) in [6, 6.07) is 13.5. The smallest absolute Gasteiger partial charge is 0.407 e. The molecule has 1 aliphatic heterocycles. The number of rotatable bonds is 6. The zero-order valence-corrected chi connectivity index (χ0v) is 14.1. The van der Waals surface area contributed by atoms with Crippen molar-refractivity contribution in [2.45, 2.75) is 12.6 Å². The van der Waals surface area contributed by atoms with E-state index in [2.05, 4.69) is 5.32 Å². The first-order valence-corrected chi connectivity index (χ1v) is 8.13. The maximum absolute atomic E-state index is 12.4. The lowest BCUT2D eigenvalue weighted by Gasteiger charge is -2.22. The summed E-state index contributed by atoms with van der Waals surface area (Å²) in [4.78, 5) is 48.9. The average Bonchev–Trinajstić information content (AvgIpc) is 2.92. The zero-order chi connectivity index (χ0) is 19.4. The van der Waals surface area contributed by atoms with Gasteiger partial charge in [0.05, 0.1) is 17.7 Å². The number of fused-ring (bicyclic) bond motifs is 1. The number of carboxylic acids is 1. The highest BCUT2D eigenvalue weighted by molar-refractivity contribution is 6.22. The number of benzene rings is 2. The molecule has 27 heavy (non-hydrogen) atoms. The number of hydrogen-bond acceptors (Lipinski definition) is 5. The number of carbonyl (C=O) groups is 4. The molecular weight excluding hydrogens is 352 g/mol. The van der Waals surface area contributed by atoms with Crippen molar-refractivity contribution in [3.05, 3.63) is 71.3 Å². The van der Waals surface area contributed by atoms with Crippen LogP contribution in [0.5, 0.6) is 0 Å². The van der Waals surface area contributed by atoms with Gasteiger partial charge in [-0.1, -0.05) is 42.5 Å². The number of carboxylic acid groups (broad SMARTS) is 1. The lowest BCUT2D eigenvalue weighted by molar-refractivity contribution is -0.141. The van der Waals surface area contributed by atoms with Crippen LogP contribution in [-0.2, 0) is 16.1 Å². The maximum Gasteiger partial charge on any atom is 0.407 e. The molecule has 1 atom stereocenters. The van der Waals surface area contributed by atoms with Gasteiger partial charge in [-0.25, -0.2) is 9.59 Å². The van der Waals surface area contributed by atoms with Gasteiger partial charge >= 0.3 is 12.1 Å². The van der Waals surface area contributed by atoms with E-state index in [-0.39, 0.29) is 17.7 Å². The number of nitrogens with zero attached hydrogens (tertiary/aromatic N) is 1. The molecule has 0 radical (unpaired) electrons. The highest BCUT2D eigenvalue weighted by Gasteiger charge is 2.42. The van der Waals surface area contributed by atoms with Gasteiger partial charge < -0.3 is 15.2 Å². The number of hydrogen-bond donors (Lipinski definition) is 2. The number of ether oxygens (including phenoxy) is 1. The number of carbonyl (C=O) groups excluding carboxylic acids is 3. The lowest BCUT2D eigenvalue weighted by atomic mass is 10.1. The first-order chi connectivity index (χ1) is 13.0. The van der Waals surface area contributed by atoms with Crippen LogP contribution in [0.15, 0.2) is 54.6 Å². The van der Waals surface area contributed by atoms with E-state index in [1.165, 1.54) is 12.1 Å². The summed E-state index contributed by atoms with van der Waals surface area (Å²) < 4.78 is 5.01. The molecule has 0 bridgehead atoms. The van der Waals surface area contributed by atoms with Crippen molar-refractivity contribution in [3.8, 4) is 0 Å². The van der Waals surface area contributed by atoms with Crippen LogP contribution in [0.4, 0.5) is 4.79 Å². The molecule has 138 valence electrons. The number of amides is 3. The Hall–Kier alpha value is -3.68. The minimum Gasteiger partial charge on any atom is -0.480 e. The van der Waals surface area contributed by atoms with Gasteiger partial charge in [-0.2, -0.15) is 0 Å². The molecule has 0 saturated carbocycles. The quantitative estimate of drug-likeness (QED) is 0.750. The molecule has 8 nitrogen and oxygen atoms in total. The van der Waals surface area contributed by atoms with Crippen LogP contribution in [0.25, 0.3) is 0 Å². The highest BCUT2D eigenvalue weighted by atomic mass is 16.5. The van der Waals surface area contributed by atoms with Crippen LogP contribution >= 0.6 is 0 Å². The monoisotopic (exact) mass is 368 g/mol. The summed E-state index contributed by atoms with van der Waals surface area (Å²) in [6.45, 7) is -0.453. The molecule has 0 aliphatic carbocycles. The van der Waals surface area contributed by atoms with E-state index in [9.17, 15) is 24.3 Å². The Kier molecular flexibility index (Phi) is 5.16. The van der Waals surface area contributed by atoms with Crippen molar-refractivity contribution < 1.29 is 29.0 Å². The van der Waals surface area contributed by atoms with Crippen molar-refractivity contribution >= 4 is 23.9 Å². The molecule has 2 aromatic carbocycles. The summed E-state index contributed by atoms with van der Waals surface area (Å²) >= 11 is 0. The normalized spacial score (nSPS) is 13.9. The van der Waals surface area contributed by atoms with E-state index in [4.69, 9.17) is 4.74 Å². The standard InChI is InChI=1S/C19H16N2O6/c22-16-13-8-4-5-9-14(13)17(23)21(16)15(18(24)25)10-20-19(26)27-11-12-6-2-1-3-7-12/h1-9,15H,10-11H2,(H,20,26)(H,24,25). The average molecular weight is 368 g/mol. The molecule has 1 unspecified atom stereocenters. The predicted octanol–water partition coefficient (Wildman–Crippen LogP) is 1.66. The first-order valence-electron chi connectivity index (χ1n) is 8.13. The lowest BCUT2D eigenvalue weighted by Crippen LogP contribution is -2.51. The van der Waals surface area contributed by atoms with Gasteiger partial charge in [-0.15, -0.1) is 0 Å². The van der Waals surface area contributed by atoms with Gasteiger partial charge in [0.15, 0.2) is 6.04 Å². The highest BCUT2D eigenvalue weighted by Crippen LogP contribution is 2.24. The van der Waals surface area contributed by atoms with E-state index in [1.807, 2.05) is 6.07 Å². The van der Waals surface area contributed by atoms with E-state index in [0.29, 0.717) is 4.90 Å². The third-order valence-electron chi connectivity index (χ3n) is 4.07. The SMILES string of the molecule is O=C(NCC(C(=O)O)N1C(=O)c2ccccc2C1=O)OCc1ccccc1. The summed E-state index contributed by atoms with van der Waals surface area (Å²) in [5, 5.41) is 11.7. The van der Waals surface area contributed by atoms with Crippen LogP contribution < -0.4 is 5.32 Å². The Morgan fingerprint density at radius 1 is 0.963 bits per heavy atom. The van der Waals surface area contributed by atoms with Gasteiger partial charge in [0.1, 0.15) is 6.61 Å². The molecule has 0 aromatic heterocycles. The van der Waals surface area contributed by atoms with Crippen LogP contribution in [0.1, 0.15) is 26.3 Å². The van der Waals surface area contributed by atoms with Gasteiger partial charge in [-0.3, -0.25) is 14.5 Å². The largest absolute Gasteiger partial charge is 0.480 e. The summed E-state index contributed by atoms with van der Waals surface area (Å²) in [5.41, 5.74) is 1.04. The van der Waals surface area contributed by atoms with Crippen LogP contribution in [-0.4, -0.2) is 46.5 Å². The summed E-state index contributed by atoms with van der Waals surface area (Å²) in [6.07, 6.45) is -0.846. The van der Waals surface area contributed by atoms with Gasteiger partial charge in [0.25, 0.3) is 11.8 Å². The molecule has 0 fully saturated rings. The fourth-order valence-electron chi connectivity index (χ4n) is 2.73. The Morgan fingerprint density at radius 3 is 2.07 bits per heavy atom. The van der Waals surface area contributed by atoms with Gasteiger partial charge in [0.2, 0.25) is 0 Å². The van der Waals surface area contributed by atoms with Crippen molar-refractivity contribution in [2.75, 3.05) is 6.54 Å². The number of aliphatic carboxylic acids is 1. The van der Waals surface area contributed by atoms with Gasteiger partial charge in [-0.05, 0) is 17.7 Å². The Balaban J connectivity index is 1.63. The van der Waals surface area contributed by atoms with Crippen molar-refractivity contribution in [3.63, 3.8) is 0 Å². The van der Waals surface area contributed by atoms with Crippen LogP contribution in [0.3, 0.4) is 0 Å². The number of nitrogens with one attached hydrogen (secondary N) is 1. The van der Waals surface area contributed by atoms with E-state index >= 15 is 0 Å². The second-order valence-electron chi connectivity index (χ2n) is 5.82.